The molecule has 2 aromatic rings. The van der Waals surface area contributed by atoms with Crippen LogP contribution < -0.4 is 0 Å². The van der Waals surface area contributed by atoms with E-state index in [1.54, 1.807) is 37.8 Å². The van der Waals surface area contributed by atoms with Crippen molar-refractivity contribution in [1.29, 1.82) is 0 Å². The van der Waals surface area contributed by atoms with Crippen LogP contribution in [0.3, 0.4) is 0 Å². The van der Waals surface area contributed by atoms with E-state index in [0.29, 0.717) is 5.41 Å². The second-order valence-electron chi connectivity index (χ2n) is 10.9. The molecule has 0 aromatic heterocycles. The zero-order valence-electron chi connectivity index (χ0n) is 20.4. The van der Waals surface area contributed by atoms with Gasteiger partial charge in [-0.3, -0.25) is 0 Å². The summed E-state index contributed by atoms with van der Waals surface area (Å²) < 4.78 is 13.2. The fraction of sp³-hybridized carbons (Fsp3) is 0.600. The van der Waals surface area contributed by atoms with E-state index in [9.17, 15) is 4.39 Å². The Hall–Kier alpha value is -1.41. The third kappa shape index (κ3) is 5.74. The van der Waals surface area contributed by atoms with Crippen LogP contribution in [0.1, 0.15) is 83.1 Å². The van der Waals surface area contributed by atoms with Crippen LogP contribution in [0.2, 0.25) is 12.1 Å². The first kappa shape index (κ1) is 23.7. The summed E-state index contributed by atoms with van der Waals surface area (Å²) in [6.45, 7) is 4.94. The molecule has 4 rings (SSSR count). The van der Waals surface area contributed by atoms with Crippen LogP contribution in [0.4, 0.5) is 4.39 Å². The van der Waals surface area contributed by atoms with Gasteiger partial charge in [0.2, 0.25) is 0 Å². The normalized spacial score (nSPS) is 28.9. The van der Waals surface area contributed by atoms with Gasteiger partial charge < -0.3 is 0 Å². The lowest BCUT2D eigenvalue weighted by atomic mass is 9.58. The third-order valence-electron chi connectivity index (χ3n) is 9.11. The number of halogens is 1. The van der Waals surface area contributed by atoms with Gasteiger partial charge in [0.25, 0.3) is 0 Å². The molecule has 0 atom stereocenters. The van der Waals surface area contributed by atoms with Crippen LogP contribution >= 0.6 is 0 Å². The molecular weight excluding hydrogens is 407 g/mol. The summed E-state index contributed by atoms with van der Waals surface area (Å²) in [5.41, 5.74) is 5.56. The van der Waals surface area contributed by atoms with Crippen molar-refractivity contribution in [2.75, 3.05) is 0 Å². The molecule has 0 amide bonds. The lowest BCUT2D eigenvalue weighted by Crippen LogP contribution is -2.37. The molecule has 0 bridgehead atoms. The van der Waals surface area contributed by atoms with Crippen molar-refractivity contribution < 1.29 is 4.39 Å². The molecule has 0 unspecified atom stereocenters. The molecule has 2 saturated carbocycles. The minimum absolute atomic E-state index is 0.170. The van der Waals surface area contributed by atoms with E-state index in [1.165, 1.54) is 62.5 Å². The van der Waals surface area contributed by atoms with Crippen LogP contribution in [0.15, 0.2) is 48.5 Å². The summed E-state index contributed by atoms with van der Waals surface area (Å²) in [5.74, 6) is 1.75. The van der Waals surface area contributed by atoms with Crippen LogP contribution in [0.25, 0.3) is 11.1 Å². The fourth-order valence-electron chi connectivity index (χ4n) is 6.96. The van der Waals surface area contributed by atoms with Gasteiger partial charge in [0.1, 0.15) is 5.82 Å². The molecule has 2 aromatic carbocycles. The van der Waals surface area contributed by atoms with Crippen molar-refractivity contribution in [2.45, 2.75) is 96.1 Å². The molecule has 0 aliphatic heterocycles. The quantitative estimate of drug-likeness (QED) is 0.353. The third-order valence-corrected chi connectivity index (χ3v) is 11.1. The number of rotatable bonds is 8. The Morgan fingerprint density at radius 2 is 1.44 bits per heavy atom. The number of aryl methyl sites for hydroxylation is 1. The van der Waals surface area contributed by atoms with Gasteiger partial charge in [-0.2, -0.15) is 0 Å². The van der Waals surface area contributed by atoms with Crippen molar-refractivity contribution in [1.82, 2.24) is 0 Å². The maximum atomic E-state index is 13.2. The first-order valence-corrected chi connectivity index (χ1v) is 15.7. The largest absolute Gasteiger partial charge is 0.207 e. The Kier molecular flexibility index (Phi) is 8.26. The van der Waals surface area contributed by atoms with Gasteiger partial charge in [-0.1, -0.05) is 87.5 Å². The zero-order chi connectivity index (χ0) is 22.4. The zero-order valence-corrected chi connectivity index (χ0v) is 21.8. The molecule has 2 aliphatic rings. The average molecular weight is 451 g/mol. The molecule has 0 nitrogen and oxygen atoms in total. The molecule has 0 saturated heterocycles. The molecule has 0 radical (unpaired) electrons. The SMILES string of the molecule is CCCC1(C2CCC(CCc3ccc(-c4ccc(F)cc4)cc3)CC2)CCC([SiH2]C)CC1. The van der Waals surface area contributed by atoms with Crippen LogP contribution in [-0.4, -0.2) is 9.52 Å². The minimum atomic E-state index is -0.170. The maximum absolute atomic E-state index is 13.2. The van der Waals surface area contributed by atoms with Gasteiger partial charge in [0, 0.05) is 9.52 Å². The Morgan fingerprint density at radius 1 is 0.844 bits per heavy atom. The van der Waals surface area contributed by atoms with Gasteiger partial charge in [-0.25, -0.2) is 4.39 Å². The molecule has 2 fully saturated rings. The van der Waals surface area contributed by atoms with E-state index in [1.807, 2.05) is 12.1 Å². The fourth-order valence-corrected chi connectivity index (χ4v) is 8.19. The van der Waals surface area contributed by atoms with E-state index >= 15 is 0 Å². The van der Waals surface area contributed by atoms with Crippen LogP contribution in [0.5, 0.6) is 0 Å². The summed E-state index contributed by atoms with van der Waals surface area (Å²) in [5, 5.41) is 0. The summed E-state index contributed by atoms with van der Waals surface area (Å²) >= 11 is 0. The van der Waals surface area contributed by atoms with Crippen molar-refractivity contribution in [2.24, 2.45) is 17.3 Å². The van der Waals surface area contributed by atoms with Crippen LogP contribution in [0, 0.1) is 23.1 Å². The minimum Gasteiger partial charge on any atom is -0.207 e. The molecule has 0 heterocycles. The lowest BCUT2D eigenvalue weighted by Gasteiger charge is -2.48. The average Bonchev–Trinajstić information content (AvgIpc) is 2.84. The van der Waals surface area contributed by atoms with E-state index in [2.05, 4.69) is 37.7 Å². The van der Waals surface area contributed by atoms with Gasteiger partial charge in [-0.05, 0) is 91.0 Å². The number of hydrogen-bond acceptors (Lipinski definition) is 0. The topological polar surface area (TPSA) is 0 Å². The number of benzene rings is 2. The molecule has 0 N–H and O–H groups in total. The van der Waals surface area contributed by atoms with Gasteiger partial charge >= 0.3 is 0 Å². The first-order valence-electron chi connectivity index (χ1n) is 13.5. The van der Waals surface area contributed by atoms with Gasteiger partial charge in [-0.15, -0.1) is 0 Å². The summed E-state index contributed by atoms with van der Waals surface area (Å²) in [7, 11) is 0.201. The second kappa shape index (κ2) is 11.1. The van der Waals surface area contributed by atoms with E-state index < -0.39 is 0 Å². The van der Waals surface area contributed by atoms with Gasteiger partial charge in [0.05, 0.1) is 0 Å². The van der Waals surface area contributed by atoms with Crippen LogP contribution in [-0.2, 0) is 6.42 Å². The highest BCUT2D eigenvalue weighted by atomic mass is 28.2. The van der Waals surface area contributed by atoms with E-state index in [4.69, 9.17) is 0 Å². The molecule has 0 spiro atoms. The Morgan fingerprint density at radius 3 is 2.00 bits per heavy atom. The standard InChI is InChI=1S/C30H43FSi/c1-3-20-30(21-18-29(32-2)19-22-30)27-14-8-24(9-15-27)5-4-23-6-10-25(11-7-23)26-12-16-28(31)17-13-26/h6-7,10-13,16-17,24,27,29H,3-5,8-9,14-15,18-22,32H2,1-2H3. The predicted octanol–water partition coefficient (Wildman–Crippen LogP) is 8.60. The molecular formula is C30H43FSi. The highest BCUT2D eigenvalue weighted by Gasteiger charge is 2.41. The highest BCUT2D eigenvalue weighted by Crippen LogP contribution is 2.54. The van der Waals surface area contributed by atoms with Gasteiger partial charge in [0.15, 0.2) is 0 Å². The van der Waals surface area contributed by atoms with Crippen molar-refractivity contribution in [3.8, 4) is 11.1 Å². The highest BCUT2D eigenvalue weighted by molar-refractivity contribution is 6.35. The second-order valence-corrected chi connectivity index (χ2v) is 12.9. The smallest absolute Gasteiger partial charge is 0.123 e. The Bertz CT molecular complexity index is 809. The summed E-state index contributed by atoms with van der Waals surface area (Å²) in [6.07, 6.45) is 17.5. The Labute approximate surface area is 198 Å². The Balaban J connectivity index is 1.26. The predicted molar refractivity (Wildman–Crippen MR) is 140 cm³/mol. The van der Waals surface area contributed by atoms with Crippen molar-refractivity contribution in [3.05, 3.63) is 59.9 Å². The monoisotopic (exact) mass is 450 g/mol. The molecule has 2 heteroatoms. The van der Waals surface area contributed by atoms with Crippen molar-refractivity contribution >= 4 is 9.52 Å². The summed E-state index contributed by atoms with van der Waals surface area (Å²) in [6, 6.07) is 15.8. The summed E-state index contributed by atoms with van der Waals surface area (Å²) in [4.78, 5) is 0. The number of hydrogen-bond donors (Lipinski definition) is 0. The molecule has 2 aliphatic carbocycles. The molecule has 174 valence electrons. The van der Waals surface area contributed by atoms with Crippen molar-refractivity contribution in [3.63, 3.8) is 0 Å². The first-order chi connectivity index (χ1) is 15.6. The van der Waals surface area contributed by atoms with E-state index in [0.717, 1.165) is 22.9 Å². The van der Waals surface area contributed by atoms with E-state index in [-0.39, 0.29) is 15.3 Å². The lowest BCUT2D eigenvalue weighted by molar-refractivity contribution is 0.0445. The molecule has 32 heavy (non-hydrogen) atoms. The maximum Gasteiger partial charge on any atom is 0.123 e.